The molecule has 4 aromatic rings. The van der Waals surface area contributed by atoms with Gasteiger partial charge in [-0.15, -0.1) is 4.91 Å². The molecule has 122 valence electrons. The number of nitrogens with one attached hydrogen (secondary N) is 1. The van der Waals surface area contributed by atoms with Gasteiger partial charge in [-0.2, -0.15) is 0 Å². The summed E-state index contributed by atoms with van der Waals surface area (Å²) in [6.07, 6.45) is 0. The van der Waals surface area contributed by atoms with E-state index in [9.17, 15) is 4.91 Å². The van der Waals surface area contributed by atoms with Crippen LogP contribution in [0.15, 0.2) is 71.9 Å². The van der Waals surface area contributed by atoms with E-state index < -0.39 is 0 Å². The molecule has 5 heteroatoms. The first kappa shape index (κ1) is 15.1. The first-order valence-corrected chi connectivity index (χ1v) is 7.86. The van der Waals surface area contributed by atoms with Gasteiger partial charge in [0.15, 0.2) is 0 Å². The van der Waals surface area contributed by atoms with Crippen molar-refractivity contribution < 1.29 is 4.74 Å². The molecule has 5 nitrogen and oxygen atoms in total. The summed E-state index contributed by atoms with van der Waals surface area (Å²) in [6.45, 7) is 0. The summed E-state index contributed by atoms with van der Waals surface area (Å²) < 4.78 is 5.41. The molecule has 0 saturated carbocycles. The summed E-state index contributed by atoms with van der Waals surface area (Å²) in [5, 5.41) is 8.44. The number of hydrogen-bond acceptors (Lipinski definition) is 5. The number of aromatic nitrogens is 1. The van der Waals surface area contributed by atoms with Crippen LogP contribution in [-0.2, 0) is 0 Å². The van der Waals surface area contributed by atoms with E-state index in [-0.39, 0.29) is 0 Å². The molecule has 0 saturated heterocycles. The lowest BCUT2D eigenvalue weighted by Crippen LogP contribution is -1.97. The van der Waals surface area contributed by atoms with Crippen LogP contribution in [0, 0.1) is 4.91 Å². The molecule has 1 aromatic heterocycles. The molecule has 0 radical (unpaired) electrons. The van der Waals surface area contributed by atoms with Crippen molar-refractivity contribution in [2.24, 2.45) is 5.18 Å². The van der Waals surface area contributed by atoms with Gasteiger partial charge in [-0.3, -0.25) is 0 Å². The number of benzene rings is 3. The Balaban J connectivity index is 1.95. The van der Waals surface area contributed by atoms with Crippen molar-refractivity contribution in [2.45, 2.75) is 0 Å². The molecule has 0 bridgehead atoms. The van der Waals surface area contributed by atoms with Gasteiger partial charge in [-0.1, -0.05) is 36.4 Å². The molecule has 1 N–H and O–H groups in total. The monoisotopic (exact) mass is 329 g/mol. The van der Waals surface area contributed by atoms with Gasteiger partial charge in [0.1, 0.15) is 11.4 Å². The fourth-order valence-corrected chi connectivity index (χ4v) is 2.95. The Morgan fingerprint density at radius 3 is 2.16 bits per heavy atom. The summed E-state index contributed by atoms with van der Waals surface area (Å²) in [5.41, 5.74) is 3.86. The lowest BCUT2D eigenvalue weighted by molar-refractivity contribution is 0.417. The second-order valence-corrected chi connectivity index (χ2v) is 5.62. The van der Waals surface area contributed by atoms with E-state index in [4.69, 9.17) is 9.72 Å². The van der Waals surface area contributed by atoms with Gasteiger partial charge in [0.2, 0.25) is 0 Å². The molecule has 0 spiro atoms. The number of methoxy groups -OCH3 is 1. The number of nitroso groups, excluding NO2 is 1. The number of anilines is 2. The minimum atomic E-state index is 0.326. The molecule has 0 unspecified atom stereocenters. The molecule has 4 rings (SSSR count). The number of fused-ring (bicyclic) bond motifs is 2. The van der Waals surface area contributed by atoms with Crippen molar-refractivity contribution in [3.8, 4) is 5.75 Å². The average molecular weight is 329 g/mol. The van der Waals surface area contributed by atoms with Gasteiger partial charge in [0.25, 0.3) is 0 Å². The molecule has 1 heterocycles. The normalized spacial score (nSPS) is 10.8. The fraction of sp³-hybridized carbons (Fsp3) is 0.0500. The highest BCUT2D eigenvalue weighted by Gasteiger charge is 2.12. The number of ether oxygens (including phenoxy) is 1. The fourth-order valence-electron chi connectivity index (χ4n) is 2.95. The van der Waals surface area contributed by atoms with E-state index in [2.05, 4.69) is 10.5 Å². The van der Waals surface area contributed by atoms with Crippen molar-refractivity contribution in [1.29, 1.82) is 0 Å². The van der Waals surface area contributed by atoms with Crippen LogP contribution in [0.5, 0.6) is 5.75 Å². The summed E-state index contributed by atoms with van der Waals surface area (Å²) in [4.78, 5) is 15.5. The third-order valence-electron chi connectivity index (χ3n) is 4.14. The second-order valence-electron chi connectivity index (χ2n) is 5.62. The van der Waals surface area contributed by atoms with E-state index in [0.717, 1.165) is 33.2 Å². The molecule has 0 amide bonds. The van der Waals surface area contributed by atoms with E-state index in [1.807, 2.05) is 48.5 Å². The van der Waals surface area contributed by atoms with Crippen LogP contribution in [0.1, 0.15) is 0 Å². The predicted molar refractivity (Wildman–Crippen MR) is 101 cm³/mol. The van der Waals surface area contributed by atoms with Gasteiger partial charge in [0, 0.05) is 16.8 Å². The average Bonchev–Trinajstić information content (AvgIpc) is 2.68. The Bertz CT molecular complexity index is 1040. The van der Waals surface area contributed by atoms with Crippen LogP contribution < -0.4 is 10.1 Å². The van der Waals surface area contributed by atoms with E-state index in [0.29, 0.717) is 11.4 Å². The Hall–Kier alpha value is -3.47. The van der Waals surface area contributed by atoms with Crippen LogP contribution in [0.4, 0.5) is 17.1 Å². The highest BCUT2D eigenvalue weighted by Crippen LogP contribution is 2.37. The third-order valence-corrected chi connectivity index (χ3v) is 4.14. The van der Waals surface area contributed by atoms with Gasteiger partial charge in [0.05, 0.1) is 29.5 Å². The van der Waals surface area contributed by atoms with Crippen LogP contribution in [0.2, 0.25) is 0 Å². The van der Waals surface area contributed by atoms with Crippen LogP contribution >= 0.6 is 0 Å². The van der Waals surface area contributed by atoms with Gasteiger partial charge >= 0.3 is 0 Å². The Kier molecular flexibility index (Phi) is 3.74. The lowest BCUT2D eigenvalue weighted by Gasteiger charge is -2.15. The highest BCUT2D eigenvalue weighted by molar-refractivity contribution is 6.08. The van der Waals surface area contributed by atoms with Gasteiger partial charge < -0.3 is 10.1 Å². The molecule has 0 atom stereocenters. The van der Waals surface area contributed by atoms with Crippen LogP contribution in [0.25, 0.3) is 21.8 Å². The van der Waals surface area contributed by atoms with Crippen LogP contribution in [-0.4, -0.2) is 12.1 Å². The number of para-hydroxylation sites is 2. The smallest absolute Gasteiger partial charge is 0.144 e. The lowest BCUT2D eigenvalue weighted by atomic mass is 10.1. The Morgan fingerprint density at radius 1 is 0.920 bits per heavy atom. The Labute approximate surface area is 144 Å². The molecule has 0 fully saturated rings. The summed E-state index contributed by atoms with van der Waals surface area (Å²) in [6, 6.07) is 21.0. The summed E-state index contributed by atoms with van der Waals surface area (Å²) >= 11 is 0. The quantitative estimate of drug-likeness (QED) is 0.394. The number of pyridine rings is 1. The standard InChI is InChI=1S/C20H15N3O2/c1-25-19-12-13(23-24)10-11-18(19)22-20-14-6-2-4-8-16(14)21-17-9-5-3-7-15(17)20/h2-12H,1H3,(H,21,22). The van der Waals surface area contributed by atoms with Crippen molar-refractivity contribution in [3.63, 3.8) is 0 Å². The van der Waals surface area contributed by atoms with Crippen molar-refractivity contribution >= 4 is 38.9 Å². The molecule has 25 heavy (non-hydrogen) atoms. The zero-order valence-corrected chi connectivity index (χ0v) is 13.6. The summed E-state index contributed by atoms with van der Waals surface area (Å²) in [5.74, 6) is 0.557. The van der Waals surface area contributed by atoms with Gasteiger partial charge in [-0.25, -0.2) is 4.98 Å². The Morgan fingerprint density at radius 2 is 1.56 bits per heavy atom. The molecular formula is C20H15N3O2. The summed E-state index contributed by atoms with van der Waals surface area (Å²) in [7, 11) is 1.57. The van der Waals surface area contributed by atoms with Crippen molar-refractivity contribution in [2.75, 3.05) is 12.4 Å². The first-order valence-electron chi connectivity index (χ1n) is 7.86. The van der Waals surface area contributed by atoms with Gasteiger partial charge in [-0.05, 0) is 29.4 Å². The zero-order chi connectivity index (χ0) is 17.2. The zero-order valence-electron chi connectivity index (χ0n) is 13.6. The predicted octanol–water partition coefficient (Wildman–Crippen LogP) is 5.54. The minimum absolute atomic E-state index is 0.326. The first-order chi connectivity index (χ1) is 12.3. The molecule has 0 aliphatic rings. The molecular weight excluding hydrogens is 314 g/mol. The largest absolute Gasteiger partial charge is 0.494 e. The van der Waals surface area contributed by atoms with E-state index in [1.165, 1.54) is 0 Å². The maximum absolute atomic E-state index is 10.8. The topological polar surface area (TPSA) is 63.6 Å². The molecule has 0 aliphatic carbocycles. The third kappa shape index (κ3) is 2.65. The number of nitrogens with zero attached hydrogens (tertiary/aromatic N) is 2. The molecule has 3 aromatic carbocycles. The second kappa shape index (κ2) is 6.20. The maximum atomic E-state index is 10.8. The highest BCUT2D eigenvalue weighted by atomic mass is 16.5. The van der Waals surface area contributed by atoms with E-state index in [1.54, 1.807) is 25.3 Å². The minimum Gasteiger partial charge on any atom is -0.494 e. The number of hydrogen-bond donors (Lipinski definition) is 1. The SMILES string of the molecule is COc1cc(N=O)ccc1Nc1c2ccccc2nc2ccccc12. The van der Waals surface area contributed by atoms with Crippen molar-refractivity contribution in [3.05, 3.63) is 71.6 Å². The van der Waals surface area contributed by atoms with Crippen LogP contribution in [0.3, 0.4) is 0 Å². The number of rotatable bonds is 4. The molecule has 0 aliphatic heterocycles. The maximum Gasteiger partial charge on any atom is 0.144 e. The van der Waals surface area contributed by atoms with Crippen molar-refractivity contribution in [1.82, 2.24) is 4.98 Å². The van der Waals surface area contributed by atoms with E-state index >= 15 is 0 Å².